The summed E-state index contributed by atoms with van der Waals surface area (Å²) >= 11 is 0. The summed E-state index contributed by atoms with van der Waals surface area (Å²) in [6.45, 7) is 3.78. The van der Waals surface area contributed by atoms with Gasteiger partial charge in [0, 0.05) is 6.04 Å². The van der Waals surface area contributed by atoms with Crippen molar-refractivity contribution >= 4 is 10.1 Å². The lowest BCUT2D eigenvalue weighted by atomic mass is 10.1. The van der Waals surface area contributed by atoms with E-state index in [2.05, 4.69) is 0 Å². The summed E-state index contributed by atoms with van der Waals surface area (Å²) in [5, 5.41) is 0. The van der Waals surface area contributed by atoms with E-state index in [9.17, 15) is 8.42 Å². The van der Waals surface area contributed by atoms with Gasteiger partial charge in [-0.1, -0.05) is 17.7 Å². The Morgan fingerprint density at radius 1 is 1.31 bits per heavy atom. The van der Waals surface area contributed by atoms with Crippen LogP contribution in [0, 0.1) is 6.92 Å². The van der Waals surface area contributed by atoms with Gasteiger partial charge in [-0.15, -0.1) is 0 Å². The van der Waals surface area contributed by atoms with Gasteiger partial charge in [0.2, 0.25) is 0 Å². The van der Waals surface area contributed by atoms with Gasteiger partial charge in [-0.25, -0.2) is 0 Å². The Labute approximate surface area is 96.6 Å². The average molecular weight is 243 g/mol. The minimum Gasteiger partial charge on any atom is -0.303 e. The molecule has 1 atom stereocenters. The van der Waals surface area contributed by atoms with E-state index < -0.39 is 10.1 Å². The summed E-state index contributed by atoms with van der Waals surface area (Å²) in [7, 11) is -0.432. The Bertz CT molecular complexity index is 480. The Hall–Kier alpha value is -0.910. The molecule has 16 heavy (non-hydrogen) atoms. The maximum absolute atomic E-state index is 11.2. The zero-order valence-electron chi connectivity index (χ0n) is 9.93. The van der Waals surface area contributed by atoms with Crippen LogP contribution in [0.5, 0.6) is 0 Å². The van der Waals surface area contributed by atoms with Crippen molar-refractivity contribution in [3.05, 3.63) is 29.3 Å². The molecule has 0 aliphatic heterocycles. The van der Waals surface area contributed by atoms with Crippen molar-refractivity contribution < 1.29 is 13.0 Å². The quantitative estimate of drug-likeness (QED) is 0.823. The first-order valence-electron chi connectivity index (χ1n) is 4.98. The first kappa shape index (κ1) is 13.2. The fourth-order valence-electron chi connectivity index (χ4n) is 1.51. The molecule has 1 aromatic carbocycles. The predicted molar refractivity (Wildman–Crippen MR) is 63.1 cm³/mol. The maximum Gasteiger partial charge on any atom is 0.294 e. The van der Waals surface area contributed by atoms with E-state index in [4.69, 9.17) is 4.55 Å². The van der Waals surface area contributed by atoms with E-state index in [0.717, 1.165) is 5.56 Å². The normalized spacial score (nSPS) is 14.1. The molecule has 4 nitrogen and oxygen atoms in total. The van der Waals surface area contributed by atoms with Crippen molar-refractivity contribution in [3.63, 3.8) is 0 Å². The van der Waals surface area contributed by atoms with E-state index in [-0.39, 0.29) is 10.9 Å². The third kappa shape index (κ3) is 2.81. The second kappa shape index (κ2) is 4.53. The van der Waals surface area contributed by atoms with Crippen LogP contribution in [0.1, 0.15) is 24.1 Å². The molecule has 1 rings (SSSR count). The largest absolute Gasteiger partial charge is 0.303 e. The number of aryl methyl sites for hydroxylation is 1. The Morgan fingerprint density at radius 2 is 1.88 bits per heavy atom. The van der Waals surface area contributed by atoms with Crippen LogP contribution >= 0.6 is 0 Å². The molecular formula is C11H17NO3S. The number of nitrogens with zero attached hydrogens (tertiary/aromatic N) is 1. The summed E-state index contributed by atoms with van der Waals surface area (Å²) in [6, 6.07) is 4.83. The van der Waals surface area contributed by atoms with E-state index in [0.29, 0.717) is 5.56 Å². The second-order valence-electron chi connectivity index (χ2n) is 4.16. The highest BCUT2D eigenvalue weighted by Crippen LogP contribution is 2.26. The highest BCUT2D eigenvalue weighted by molar-refractivity contribution is 7.85. The van der Waals surface area contributed by atoms with Crippen molar-refractivity contribution in [3.8, 4) is 0 Å². The van der Waals surface area contributed by atoms with Crippen molar-refractivity contribution in [1.29, 1.82) is 0 Å². The number of rotatable bonds is 3. The highest BCUT2D eigenvalue weighted by Gasteiger charge is 2.20. The monoisotopic (exact) mass is 243 g/mol. The van der Waals surface area contributed by atoms with Crippen LogP contribution in [0.2, 0.25) is 0 Å². The summed E-state index contributed by atoms with van der Waals surface area (Å²) in [5.74, 6) is 0. The zero-order chi connectivity index (χ0) is 12.5. The SMILES string of the molecule is Cc1ccc(S(=O)(=O)O)c(C(C)N(C)C)c1. The first-order valence-corrected chi connectivity index (χ1v) is 6.42. The molecule has 1 aromatic rings. The van der Waals surface area contributed by atoms with Crippen molar-refractivity contribution in [2.24, 2.45) is 0 Å². The highest BCUT2D eigenvalue weighted by atomic mass is 32.2. The van der Waals surface area contributed by atoms with Gasteiger partial charge in [0.05, 0.1) is 4.90 Å². The van der Waals surface area contributed by atoms with E-state index in [1.165, 1.54) is 6.07 Å². The lowest BCUT2D eigenvalue weighted by molar-refractivity contribution is 0.316. The van der Waals surface area contributed by atoms with E-state index in [1.807, 2.05) is 32.8 Å². The van der Waals surface area contributed by atoms with E-state index in [1.54, 1.807) is 12.1 Å². The van der Waals surface area contributed by atoms with Crippen LogP contribution in [0.3, 0.4) is 0 Å². The van der Waals surface area contributed by atoms with E-state index >= 15 is 0 Å². The summed E-state index contributed by atoms with van der Waals surface area (Å²) < 4.78 is 31.6. The number of benzene rings is 1. The van der Waals surface area contributed by atoms with Crippen LogP contribution in [0.15, 0.2) is 23.1 Å². The fourth-order valence-corrected chi connectivity index (χ4v) is 2.27. The molecule has 0 bridgehead atoms. The standard InChI is InChI=1S/C11H17NO3S/c1-8-5-6-11(16(13,14)15)10(7-8)9(2)12(3)4/h5-7,9H,1-4H3,(H,13,14,15). The molecule has 0 heterocycles. The third-order valence-corrected chi connectivity index (χ3v) is 3.60. The predicted octanol–water partition coefficient (Wildman–Crippen LogP) is 1.86. The zero-order valence-corrected chi connectivity index (χ0v) is 10.7. The van der Waals surface area contributed by atoms with Crippen molar-refractivity contribution in [2.45, 2.75) is 24.8 Å². The average Bonchev–Trinajstić information content (AvgIpc) is 2.14. The lowest BCUT2D eigenvalue weighted by Gasteiger charge is -2.22. The molecule has 0 fully saturated rings. The third-order valence-electron chi connectivity index (χ3n) is 2.67. The van der Waals surface area contributed by atoms with Gasteiger partial charge in [-0.2, -0.15) is 8.42 Å². The molecule has 90 valence electrons. The van der Waals surface area contributed by atoms with Gasteiger partial charge in [-0.3, -0.25) is 4.55 Å². The minimum absolute atomic E-state index is 0.0145. The molecule has 0 amide bonds. The van der Waals surface area contributed by atoms with Crippen LogP contribution in [-0.2, 0) is 10.1 Å². The molecule has 0 saturated carbocycles. The van der Waals surface area contributed by atoms with Crippen LogP contribution in [0.25, 0.3) is 0 Å². The van der Waals surface area contributed by atoms with Crippen LogP contribution < -0.4 is 0 Å². The molecular weight excluding hydrogens is 226 g/mol. The Balaban J connectivity index is 3.41. The summed E-state index contributed by atoms with van der Waals surface area (Å²) in [6.07, 6.45) is 0. The molecule has 0 spiro atoms. The topological polar surface area (TPSA) is 57.6 Å². The van der Waals surface area contributed by atoms with Gasteiger partial charge in [0.1, 0.15) is 0 Å². The van der Waals surface area contributed by atoms with Crippen LogP contribution in [0.4, 0.5) is 0 Å². The second-order valence-corrected chi connectivity index (χ2v) is 5.55. The Morgan fingerprint density at radius 3 is 2.31 bits per heavy atom. The van der Waals surface area contributed by atoms with Gasteiger partial charge >= 0.3 is 0 Å². The molecule has 0 radical (unpaired) electrons. The van der Waals surface area contributed by atoms with Gasteiger partial charge in [0.25, 0.3) is 10.1 Å². The van der Waals surface area contributed by atoms with Gasteiger partial charge < -0.3 is 4.90 Å². The molecule has 0 saturated heterocycles. The minimum atomic E-state index is -4.16. The van der Waals surface area contributed by atoms with Gasteiger partial charge in [-0.05, 0) is 39.6 Å². The molecule has 0 aliphatic rings. The fraction of sp³-hybridized carbons (Fsp3) is 0.455. The Kier molecular flexibility index (Phi) is 3.72. The van der Waals surface area contributed by atoms with Crippen molar-refractivity contribution in [1.82, 2.24) is 4.90 Å². The lowest BCUT2D eigenvalue weighted by Crippen LogP contribution is -2.19. The van der Waals surface area contributed by atoms with Crippen LogP contribution in [-0.4, -0.2) is 32.0 Å². The van der Waals surface area contributed by atoms with Crippen molar-refractivity contribution in [2.75, 3.05) is 14.1 Å². The molecule has 5 heteroatoms. The summed E-state index contributed by atoms with van der Waals surface area (Å²) in [5.41, 5.74) is 1.59. The molecule has 1 unspecified atom stereocenters. The molecule has 1 N–H and O–H groups in total. The number of hydrogen-bond acceptors (Lipinski definition) is 3. The van der Waals surface area contributed by atoms with Gasteiger partial charge in [0.15, 0.2) is 0 Å². The summed E-state index contributed by atoms with van der Waals surface area (Å²) in [4.78, 5) is 1.88. The maximum atomic E-state index is 11.2. The smallest absolute Gasteiger partial charge is 0.294 e. The molecule has 0 aliphatic carbocycles. The number of hydrogen-bond donors (Lipinski definition) is 1. The first-order chi connectivity index (χ1) is 7.23. The molecule has 0 aromatic heterocycles.